The number of nitrogens with zero attached hydrogens (tertiary/aromatic N) is 4. The normalized spacial score (nSPS) is 11.0. The van der Waals surface area contributed by atoms with Crippen LogP contribution in [0.4, 0.5) is 0 Å². The number of benzene rings is 1. The lowest BCUT2D eigenvalue weighted by Crippen LogP contribution is -2.28. The lowest BCUT2D eigenvalue weighted by Gasteiger charge is -2.08. The van der Waals surface area contributed by atoms with E-state index in [0.717, 1.165) is 22.5 Å². The number of hydrogen-bond acceptors (Lipinski definition) is 5. The molecule has 1 amide bonds. The highest BCUT2D eigenvalue weighted by Gasteiger charge is 2.07. The zero-order valence-corrected chi connectivity index (χ0v) is 15.9. The van der Waals surface area contributed by atoms with Crippen LogP contribution in [0, 0.1) is 0 Å². The van der Waals surface area contributed by atoms with Crippen molar-refractivity contribution in [2.45, 2.75) is 19.4 Å². The summed E-state index contributed by atoms with van der Waals surface area (Å²) >= 11 is 1.44. The quantitative estimate of drug-likeness (QED) is 0.523. The number of carbonyl (C=O) groups excluding carboxylic acids is 1. The number of aryl methyl sites for hydroxylation is 1. The number of aromatic nitrogens is 4. The summed E-state index contributed by atoms with van der Waals surface area (Å²) in [5.41, 5.74) is 2.04. The molecule has 3 heterocycles. The number of fused-ring (bicyclic) bond motifs is 1. The molecule has 0 spiro atoms. The van der Waals surface area contributed by atoms with Gasteiger partial charge in [0.15, 0.2) is 0 Å². The van der Waals surface area contributed by atoms with Crippen LogP contribution in [0.3, 0.4) is 0 Å². The second-order valence-electron chi connectivity index (χ2n) is 6.35. The summed E-state index contributed by atoms with van der Waals surface area (Å²) in [5.74, 6) is -0.0783. The van der Waals surface area contributed by atoms with E-state index in [-0.39, 0.29) is 17.9 Å². The summed E-state index contributed by atoms with van der Waals surface area (Å²) in [7, 11) is 0. The van der Waals surface area contributed by atoms with Crippen molar-refractivity contribution in [3.05, 3.63) is 76.4 Å². The average molecular weight is 393 g/mol. The maximum absolute atomic E-state index is 12.3. The van der Waals surface area contributed by atoms with Gasteiger partial charge in [0.05, 0.1) is 17.4 Å². The van der Waals surface area contributed by atoms with Crippen molar-refractivity contribution in [3.8, 4) is 5.69 Å². The van der Waals surface area contributed by atoms with Crippen molar-refractivity contribution in [1.82, 2.24) is 24.6 Å². The van der Waals surface area contributed by atoms with Gasteiger partial charge >= 0.3 is 0 Å². The van der Waals surface area contributed by atoms with Crippen molar-refractivity contribution in [3.63, 3.8) is 0 Å². The molecular weight excluding hydrogens is 374 g/mol. The predicted molar refractivity (Wildman–Crippen MR) is 109 cm³/mol. The van der Waals surface area contributed by atoms with E-state index >= 15 is 0 Å². The molecule has 0 saturated carbocycles. The molecular formula is C20H19N5O2S. The second-order valence-corrected chi connectivity index (χ2v) is 7.24. The molecule has 4 rings (SSSR count). The van der Waals surface area contributed by atoms with Crippen LogP contribution in [0.25, 0.3) is 15.9 Å². The molecule has 28 heavy (non-hydrogen) atoms. The number of rotatable bonds is 7. The second kappa shape index (κ2) is 8.18. The van der Waals surface area contributed by atoms with Gasteiger partial charge in [-0.3, -0.25) is 14.2 Å². The van der Waals surface area contributed by atoms with Crippen LogP contribution in [-0.4, -0.2) is 31.8 Å². The zero-order chi connectivity index (χ0) is 19.3. The predicted octanol–water partition coefficient (Wildman–Crippen LogP) is 2.39. The van der Waals surface area contributed by atoms with Gasteiger partial charge in [-0.1, -0.05) is 12.1 Å². The van der Waals surface area contributed by atoms with E-state index in [4.69, 9.17) is 0 Å². The van der Waals surface area contributed by atoms with Gasteiger partial charge in [0, 0.05) is 31.9 Å². The van der Waals surface area contributed by atoms with Crippen LogP contribution in [0.5, 0.6) is 0 Å². The van der Waals surface area contributed by atoms with E-state index in [9.17, 15) is 9.59 Å². The Morgan fingerprint density at radius 1 is 1.18 bits per heavy atom. The fourth-order valence-electron chi connectivity index (χ4n) is 2.95. The number of carbonyl (C=O) groups is 1. The lowest BCUT2D eigenvalue weighted by atomic mass is 10.1. The Labute approximate surface area is 165 Å². The summed E-state index contributed by atoms with van der Waals surface area (Å²) < 4.78 is 3.29. The third kappa shape index (κ3) is 4.01. The Morgan fingerprint density at radius 3 is 2.82 bits per heavy atom. The molecule has 8 heteroatoms. The monoisotopic (exact) mass is 393 g/mol. The maximum Gasteiger partial charge on any atom is 0.262 e. The lowest BCUT2D eigenvalue weighted by molar-refractivity contribution is -0.121. The minimum absolute atomic E-state index is 0.0783. The molecule has 3 aromatic heterocycles. The molecule has 0 aliphatic carbocycles. The summed E-state index contributed by atoms with van der Waals surface area (Å²) in [6.07, 6.45) is 6.14. The van der Waals surface area contributed by atoms with Crippen molar-refractivity contribution >= 4 is 27.5 Å². The van der Waals surface area contributed by atoms with Gasteiger partial charge in [-0.15, -0.1) is 11.3 Å². The molecule has 0 radical (unpaired) electrons. The van der Waals surface area contributed by atoms with Crippen molar-refractivity contribution < 1.29 is 4.79 Å². The molecule has 142 valence electrons. The van der Waals surface area contributed by atoms with Gasteiger partial charge in [-0.25, -0.2) is 9.67 Å². The molecule has 0 aliphatic rings. The number of amides is 1. The molecule has 1 N–H and O–H groups in total. The average Bonchev–Trinajstić information content (AvgIpc) is 3.40. The topological polar surface area (TPSA) is 81.8 Å². The minimum atomic E-state index is -0.101. The maximum atomic E-state index is 12.3. The molecule has 0 bridgehead atoms. The SMILES string of the molecule is O=C(CCn1cnc2sccc2c1=O)NCCc1ccc(-n2cccn2)cc1. The summed E-state index contributed by atoms with van der Waals surface area (Å²) in [6, 6.07) is 11.7. The largest absolute Gasteiger partial charge is 0.356 e. The number of nitrogens with one attached hydrogen (secondary N) is 1. The summed E-state index contributed by atoms with van der Waals surface area (Å²) in [6.45, 7) is 0.874. The highest BCUT2D eigenvalue weighted by molar-refractivity contribution is 7.16. The van der Waals surface area contributed by atoms with Crippen LogP contribution in [0.2, 0.25) is 0 Å². The first-order chi connectivity index (χ1) is 13.7. The minimum Gasteiger partial charge on any atom is -0.356 e. The first kappa shape index (κ1) is 18.1. The Morgan fingerprint density at radius 2 is 2.04 bits per heavy atom. The third-order valence-corrected chi connectivity index (χ3v) is 5.29. The molecule has 0 aliphatic heterocycles. The van der Waals surface area contributed by atoms with Gasteiger partial charge in [0.2, 0.25) is 5.91 Å². The molecule has 4 aromatic rings. The Bertz CT molecular complexity index is 1130. The van der Waals surface area contributed by atoms with Gasteiger partial charge < -0.3 is 5.32 Å². The van der Waals surface area contributed by atoms with Crippen LogP contribution in [0.15, 0.2) is 65.3 Å². The number of hydrogen-bond donors (Lipinski definition) is 1. The molecule has 7 nitrogen and oxygen atoms in total. The van der Waals surface area contributed by atoms with Crippen LogP contribution < -0.4 is 10.9 Å². The zero-order valence-electron chi connectivity index (χ0n) is 15.1. The van der Waals surface area contributed by atoms with Gasteiger partial charge in [0.25, 0.3) is 5.56 Å². The molecule has 0 unspecified atom stereocenters. The van der Waals surface area contributed by atoms with E-state index in [1.807, 2.05) is 41.9 Å². The number of thiophene rings is 1. The van der Waals surface area contributed by atoms with E-state index in [2.05, 4.69) is 15.4 Å². The first-order valence-electron chi connectivity index (χ1n) is 8.99. The smallest absolute Gasteiger partial charge is 0.262 e. The van der Waals surface area contributed by atoms with Gasteiger partial charge in [-0.05, 0) is 41.6 Å². The fourth-order valence-corrected chi connectivity index (χ4v) is 3.67. The molecule has 0 fully saturated rings. The van der Waals surface area contributed by atoms with Gasteiger partial charge in [0.1, 0.15) is 4.83 Å². The van der Waals surface area contributed by atoms with E-state index in [1.165, 1.54) is 22.2 Å². The van der Waals surface area contributed by atoms with Crippen molar-refractivity contribution in [2.24, 2.45) is 0 Å². The molecule has 0 atom stereocenters. The van der Waals surface area contributed by atoms with Crippen LogP contribution in [0.1, 0.15) is 12.0 Å². The highest BCUT2D eigenvalue weighted by Crippen LogP contribution is 2.13. The Balaban J connectivity index is 1.25. The van der Waals surface area contributed by atoms with Crippen molar-refractivity contribution in [1.29, 1.82) is 0 Å². The van der Waals surface area contributed by atoms with E-state index < -0.39 is 0 Å². The third-order valence-electron chi connectivity index (χ3n) is 4.47. The Hall–Kier alpha value is -3.26. The summed E-state index contributed by atoms with van der Waals surface area (Å²) in [4.78, 5) is 29.4. The standard InChI is InChI=1S/C20H19N5O2S/c26-18(7-12-24-14-22-19-17(20(24)27)8-13-28-19)21-10-6-15-2-4-16(5-3-15)25-11-1-9-23-25/h1-5,8-9,11,13-14H,6-7,10,12H2,(H,21,26). The Kier molecular flexibility index (Phi) is 5.29. The summed E-state index contributed by atoms with van der Waals surface area (Å²) in [5, 5.41) is 9.55. The van der Waals surface area contributed by atoms with Crippen LogP contribution in [-0.2, 0) is 17.8 Å². The van der Waals surface area contributed by atoms with Crippen LogP contribution >= 0.6 is 11.3 Å². The fraction of sp³-hybridized carbons (Fsp3) is 0.200. The van der Waals surface area contributed by atoms with Gasteiger partial charge in [-0.2, -0.15) is 5.10 Å². The first-order valence-corrected chi connectivity index (χ1v) is 9.87. The molecule has 0 saturated heterocycles. The van der Waals surface area contributed by atoms with E-state index in [0.29, 0.717) is 18.5 Å². The van der Waals surface area contributed by atoms with E-state index in [1.54, 1.807) is 16.9 Å². The van der Waals surface area contributed by atoms with Crippen molar-refractivity contribution in [2.75, 3.05) is 6.54 Å². The highest BCUT2D eigenvalue weighted by atomic mass is 32.1. The molecule has 1 aromatic carbocycles.